The first kappa shape index (κ1) is 17.9. The van der Waals surface area contributed by atoms with Gasteiger partial charge in [0.15, 0.2) is 18.2 Å². The Morgan fingerprint density at radius 2 is 1.76 bits per heavy atom. The number of carbonyl (C=O) groups is 1. The molecule has 2 aromatic carbocycles. The number of anilines is 1. The second kappa shape index (κ2) is 8.39. The van der Waals surface area contributed by atoms with Gasteiger partial charge in [0.2, 0.25) is 0 Å². The Morgan fingerprint density at radius 1 is 1.08 bits per heavy atom. The van der Waals surface area contributed by atoms with Gasteiger partial charge in [0.1, 0.15) is 5.75 Å². The predicted octanol–water partition coefficient (Wildman–Crippen LogP) is 2.77. The number of para-hydroxylation sites is 2. The first-order chi connectivity index (χ1) is 12.0. The molecular weight excluding hydrogens is 330 g/mol. The Labute approximate surface area is 143 Å². The van der Waals surface area contributed by atoms with Crippen molar-refractivity contribution in [1.29, 1.82) is 0 Å². The van der Waals surface area contributed by atoms with Crippen LogP contribution < -0.4 is 24.8 Å². The van der Waals surface area contributed by atoms with Crippen LogP contribution >= 0.6 is 0 Å². The maximum Gasteiger partial charge on any atom is 0.321 e. The molecule has 2 aromatic rings. The van der Waals surface area contributed by atoms with Crippen LogP contribution in [0.1, 0.15) is 0 Å². The van der Waals surface area contributed by atoms with Gasteiger partial charge in [-0.3, -0.25) is 10.1 Å². The van der Waals surface area contributed by atoms with Gasteiger partial charge in [0, 0.05) is 12.1 Å². The molecule has 25 heavy (non-hydrogen) atoms. The van der Waals surface area contributed by atoms with Crippen molar-refractivity contribution >= 4 is 17.4 Å². The van der Waals surface area contributed by atoms with E-state index in [1.54, 1.807) is 24.3 Å². The maximum atomic E-state index is 11.9. The summed E-state index contributed by atoms with van der Waals surface area (Å²) in [6.45, 7) is -0.122. The van der Waals surface area contributed by atoms with Crippen LogP contribution in [0.5, 0.6) is 17.2 Å². The van der Waals surface area contributed by atoms with Crippen molar-refractivity contribution in [2.75, 3.05) is 26.3 Å². The minimum absolute atomic E-state index is 0.122. The standard InChI is InChI=1S/C16H17N3O6/c1-23-13-8-7-11(19(21)22)9-12(13)18-16(20)17-10-25-15-6-4-3-5-14(15)24-2/h3-9H,10H2,1-2H3,(H2,17,18,20). The number of hydrogen-bond donors (Lipinski definition) is 2. The van der Waals surface area contributed by atoms with Crippen molar-refractivity contribution < 1.29 is 23.9 Å². The second-order valence-electron chi connectivity index (χ2n) is 4.71. The van der Waals surface area contributed by atoms with Crippen molar-refractivity contribution in [1.82, 2.24) is 5.32 Å². The van der Waals surface area contributed by atoms with Gasteiger partial charge in [-0.15, -0.1) is 0 Å². The molecule has 0 heterocycles. The number of non-ortho nitro benzene ring substituents is 1. The minimum atomic E-state index is -0.603. The van der Waals surface area contributed by atoms with E-state index in [9.17, 15) is 14.9 Å². The van der Waals surface area contributed by atoms with E-state index in [4.69, 9.17) is 14.2 Å². The summed E-state index contributed by atoms with van der Waals surface area (Å²) >= 11 is 0. The van der Waals surface area contributed by atoms with Crippen LogP contribution in [0.2, 0.25) is 0 Å². The van der Waals surface area contributed by atoms with Crippen LogP contribution in [0.3, 0.4) is 0 Å². The van der Waals surface area contributed by atoms with E-state index in [-0.39, 0.29) is 18.1 Å². The molecule has 0 saturated carbocycles. The smallest absolute Gasteiger partial charge is 0.321 e. The molecule has 132 valence electrons. The fraction of sp³-hybridized carbons (Fsp3) is 0.188. The minimum Gasteiger partial charge on any atom is -0.495 e. The Morgan fingerprint density at radius 3 is 2.40 bits per heavy atom. The second-order valence-corrected chi connectivity index (χ2v) is 4.71. The molecule has 0 aliphatic heterocycles. The lowest BCUT2D eigenvalue weighted by molar-refractivity contribution is -0.384. The van der Waals surface area contributed by atoms with Crippen molar-refractivity contribution in [2.45, 2.75) is 0 Å². The quantitative estimate of drug-likeness (QED) is 0.452. The molecule has 0 atom stereocenters. The third-order valence-corrected chi connectivity index (χ3v) is 3.17. The summed E-state index contributed by atoms with van der Waals surface area (Å²) in [6, 6.07) is 10.3. The van der Waals surface area contributed by atoms with E-state index in [1.807, 2.05) is 0 Å². The zero-order valence-corrected chi connectivity index (χ0v) is 13.6. The third-order valence-electron chi connectivity index (χ3n) is 3.17. The number of nitrogens with one attached hydrogen (secondary N) is 2. The molecule has 9 heteroatoms. The third kappa shape index (κ3) is 4.74. The van der Waals surface area contributed by atoms with Gasteiger partial charge in [-0.1, -0.05) is 12.1 Å². The summed E-state index contributed by atoms with van der Waals surface area (Å²) in [7, 11) is 2.91. The van der Waals surface area contributed by atoms with Crippen LogP contribution in [-0.4, -0.2) is 31.9 Å². The lowest BCUT2D eigenvalue weighted by Gasteiger charge is -2.13. The van der Waals surface area contributed by atoms with Crippen LogP contribution in [0.15, 0.2) is 42.5 Å². The van der Waals surface area contributed by atoms with E-state index < -0.39 is 11.0 Å². The number of ether oxygens (including phenoxy) is 3. The largest absolute Gasteiger partial charge is 0.495 e. The molecule has 9 nitrogen and oxygen atoms in total. The molecule has 0 radical (unpaired) electrons. The number of carbonyl (C=O) groups excluding carboxylic acids is 1. The van der Waals surface area contributed by atoms with Crippen molar-refractivity contribution in [3.8, 4) is 17.2 Å². The summed E-state index contributed by atoms with van der Waals surface area (Å²) < 4.78 is 15.6. The van der Waals surface area contributed by atoms with Gasteiger partial charge in [-0.05, 0) is 18.2 Å². The first-order valence-electron chi connectivity index (χ1n) is 7.18. The molecule has 0 bridgehead atoms. The Balaban J connectivity index is 1.96. The van der Waals surface area contributed by atoms with Gasteiger partial charge in [0.05, 0.1) is 24.8 Å². The summed E-state index contributed by atoms with van der Waals surface area (Å²) in [5, 5.41) is 15.8. The fourth-order valence-electron chi connectivity index (χ4n) is 1.99. The summed E-state index contributed by atoms with van der Waals surface area (Å²) in [4.78, 5) is 22.2. The monoisotopic (exact) mass is 347 g/mol. The van der Waals surface area contributed by atoms with E-state index in [0.717, 1.165) is 0 Å². The number of methoxy groups -OCH3 is 2. The number of urea groups is 1. The first-order valence-corrected chi connectivity index (χ1v) is 7.18. The van der Waals surface area contributed by atoms with E-state index >= 15 is 0 Å². The van der Waals surface area contributed by atoms with Crippen LogP contribution in [0.4, 0.5) is 16.2 Å². The molecule has 2 rings (SSSR count). The van der Waals surface area contributed by atoms with E-state index in [1.165, 1.54) is 32.4 Å². The fourth-order valence-corrected chi connectivity index (χ4v) is 1.99. The van der Waals surface area contributed by atoms with Crippen LogP contribution in [0.25, 0.3) is 0 Å². The summed E-state index contributed by atoms with van der Waals surface area (Å²) in [6.07, 6.45) is 0. The van der Waals surface area contributed by atoms with Gasteiger partial charge < -0.3 is 24.8 Å². The Bertz CT molecular complexity index is 765. The molecule has 0 aromatic heterocycles. The summed E-state index contributed by atoms with van der Waals surface area (Å²) in [5.41, 5.74) is 0.00728. The Hall–Kier alpha value is -3.49. The maximum absolute atomic E-state index is 11.9. The van der Waals surface area contributed by atoms with Gasteiger partial charge >= 0.3 is 6.03 Å². The zero-order valence-electron chi connectivity index (χ0n) is 13.6. The van der Waals surface area contributed by atoms with Crippen molar-refractivity contribution in [3.63, 3.8) is 0 Å². The molecule has 0 spiro atoms. The van der Waals surface area contributed by atoms with Gasteiger partial charge in [0.25, 0.3) is 5.69 Å². The topological polar surface area (TPSA) is 112 Å². The summed E-state index contributed by atoms with van der Waals surface area (Å²) in [5.74, 6) is 1.30. The molecule has 0 fully saturated rings. The number of benzene rings is 2. The van der Waals surface area contributed by atoms with Crippen LogP contribution in [-0.2, 0) is 0 Å². The highest BCUT2D eigenvalue weighted by molar-refractivity contribution is 5.91. The molecule has 0 aliphatic rings. The number of nitro groups is 1. The van der Waals surface area contributed by atoms with E-state index in [2.05, 4.69) is 10.6 Å². The Kier molecular flexibility index (Phi) is 5.99. The number of rotatable bonds is 7. The normalized spacial score (nSPS) is 9.84. The SMILES string of the molecule is COc1ccc([N+](=O)[O-])cc1NC(=O)NCOc1ccccc1OC. The van der Waals surface area contributed by atoms with Gasteiger partial charge in [-0.2, -0.15) is 0 Å². The number of hydrogen-bond acceptors (Lipinski definition) is 6. The van der Waals surface area contributed by atoms with E-state index in [0.29, 0.717) is 17.2 Å². The molecule has 2 amide bonds. The number of amides is 2. The lowest BCUT2D eigenvalue weighted by atomic mass is 10.2. The predicted molar refractivity (Wildman–Crippen MR) is 90.3 cm³/mol. The highest BCUT2D eigenvalue weighted by atomic mass is 16.6. The molecule has 0 saturated heterocycles. The average Bonchev–Trinajstić information content (AvgIpc) is 2.62. The molecular formula is C16H17N3O6. The highest BCUT2D eigenvalue weighted by Crippen LogP contribution is 2.29. The van der Waals surface area contributed by atoms with Crippen LogP contribution in [0, 0.1) is 10.1 Å². The average molecular weight is 347 g/mol. The van der Waals surface area contributed by atoms with Crippen molar-refractivity contribution in [2.24, 2.45) is 0 Å². The number of nitro benzene ring substituents is 1. The molecule has 2 N–H and O–H groups in total. The lowest BCUT2D eigenvalue weighted by Crippen LogP contribution is -2.32. The van der Waals surface area contributed by atoms with Gasteiger partial charge in [-0.25, -0.2) is 4.79 Å². The highest BCUT2D eigenvalue weighted by Gasteiger charge is 2.13. The number of nitrogens with zero attached hydrogens (tertiary/aromatic N) is 1. The van der Waals surface area contributed by atoms with Crippen molar-refractivity contribution in [3.05, 3.63) is 52.6 Å². The molecule has 0 unspecified atom stereocenters. The molecule has 0 aliphatic carbocycles. The zero-order chi connectivity index (χ0) is 18.2.